The molecular formula is C16H22FNO. The van der Waals surface area contributed by atoms with Gasteiger partial charge in [-0.1, -0.05) is 20.8 Å². The molecule has 2 rings (SSSR count). The maximum Gasteiger partial charge on any atom is 0.134 e. The average Bonchev–Trinajstić information content (AvgIpc) is 2.67. The predicted molar refractivity (Wildman–Crippen MR) is 76.7 cm³/mol. The lowest BCUT2D eigenvalue weighted by molar-refractivity contribution is 0.500. The second-order valence-electron chi connectivity index (χ2n) is 5.42. The minimum atomic E-state index is -0.202. The summed E-state index contributed by atoms with van der Waals surface area (Å²) in [5.41, 5.74) is 1.93. The minimum Gasteiger partial charge on any atom is -0.459 e. The van der Waals surface area contributed by atoms with E-state index in [-0.39, 0.29) is 5.82 Å². The molecular weight excluding hydrogens is 241 g/mol. The van der Waals surface area contributed by atoms with Gasteiger partial charge in [0.25, 0.3) is 0 Å². The summed E-state index contributed by atoms with van der Waals surface area (Å²) >= 11 is 0. The van der Waals surface area contributed by atoms with Crippen LogP contribution in [0.4, 0.5) is 4.39 Å². The van der Waals surface area contributed by atoms with Crippen LogP contribution in [0.3, 0.4) is 0 Å². The summed E-state index contributed by atoms with van der Waals surface area (Å²) in [6, 6.07) is 4.76. The van der Waals surface area contributed by atoms with Crippen LogP contribution in [0.5, 0.6) is 0 Å². The van der Waals surface area contributed by atoms with E-state index in [1.807, 2.05) is 0 Å². The van der Waals surface area contributed by atoms with Gasteiger partial charge in [0.05, 0.1) is 6.54 Å². The highest BCUT2D eigenvalue weighted by Crippen LogP contribution is 2.28. The zero-order chi connectivity index (χ0) is 13.8. The molecule has 0 aliphatic heterocycles. The third-order valence-electron chi connectivity index (χ3n) is 3.16. The number of rotatable bonds is 6. The van der Waals surface area contributed by atoms with E-state index >= 15 is 0 Å². The van der Waals surface area contributed by atoms with Crippen LogP contribution in [-0.4, -0.2) is 6.54 Å². The molecule has 0 saturated heterocycles. The SMILES string of the molecule is CCCNCc1oc2ccc(F)cc2c1CC(C)C. The number of benzene rings is 1. The van der Waals surface area contributed by atoms with E-state index in [1.165, 1.54) is 6.07 Å². The Morgan fingerprint density at radius 2 is 2.11 bits per heavy atom. The number of hydrogen-bond acceptors (Lipinski definition) is 2. The lowest BCUT2D eigenvalue weighted by Gasteiger charge is -2.07. The molecule has 0 saturated carbocycles. The lowest BCUT2D eigenvalue weighted by Crippen LogP contribution is -2.14. The van der Waals surface area contributed by atoms with Crippen molar-refractivity contribution in [2.45, 2.75) is 40.2 Å². The van der Waals surface area contributed by atoms with Gasteiger partial charge in [-0.05, 0) is 43.5 Å². The van der Waals surface area contributed by atoms with Gasteiger partial charge < -0.3 is 9.73 Å². The zero-order valence-corrected chi connectivity index (χ0v) is 11.9. The molecule has 0 atom stereocenters. The van der Waals surface area contributed by atoms with Crippen molar-refractivity contribution in [3.8, 4) is 0 Å². The van der Waals surface area contributed by atoms with Crippen LogP contribution in [0.1, 0.15) is 38.5 Å². The van der Waals surface area contributed by atoms with E-state index in [4.69, 9.17) is 4.42 Å². The van der Waals surface area contributed by atoms with E-state index < -0.39 is 0 Å². The van der Waals surface area contributed by atoms with Crippen LogP contribution in [0, 0.1) is 11.7 Å². The van der Waals surface area contributed by atoms with E-state index in [0.717, 1.165) is 41.7 Å². The molecule has 0 amide bonds. The van der Waals surface area contributed by atoms with E-state index in [2.05, 4.69) is 26.1 Å². The molecule has 0 fully saturated rings. The van der Waals surface area contributed by atoms with Gasteiger partial charge >= 0.3 is 0 Å². The second-order valence-corrected chi connectivity index (χ2v) is 5.42. The van der Waals surface area contributed by atoms with E-state index in [9.17, 15) is 4.39 Å². The molecule has 1 aromatic heterocycles. The number of nitrogens with one attached hydrogen (secondary N) is 1. The molecule has 0 aliphatic carbocycles. The summed E-state index contributed by atoms with van der Waals surface area (Å²) in [5, 5.41) is 4.27. The standard InChI is InChI=1S/C16H22FNO/c1-4-7-18-10-16-13(8-11(2)3)14-9-12(17)5-6-15(14)19-16/h5-6,9,11,18H,4,7-8,10H2,1-3H3. The van der Waals surface area contributed by atoms with Crippen molar-refractivity contribution in [2.24, 2.45) is 5.92 Å². The quantitative estimate of drug-likeness (QED) is 0.787. The van der Waals surface area contributed by atoms with Crippen molar-refractivity contribution >= 4 is 11.0 Å². The van der Waals surface area contributed by atoms with Gasteiger partial charge in [-0.25, -0.2) is 4.39 Å². The summed E-state index contributed by atoms with van der Waals surface area (Å²) in [4.78, 5) is 0. The van der Waals surface area contributed by atoms with Gasteiger partial charge in [0, 0.05) is 10.9 Å². The summed E-state index contributed by atoms with van der Waals surface area (Å²) in [7, 11) is 0. The van der Waals surface area contributed by atoms with Gasteiger partial charge in [-0.2, -0.15) is 0 Å². The lowest BCUT2D eigenvalue weighted by atomic mass is 9.99. The predicted octanol–water partition coefficient (Wildman–Crippen LogP) is 4.27. The monoisotopic (exact) mass is 263 g/mol. The van der Waals surface area contributed by atoms with Crippen molar-refractivity contribution in [2.75, 3.05) is 6.54 Å². The molecule has 0 unspecified atom stereocenters. The molecule has 0 spiro atoms. The number of hydrogen-bond donors (Lipinski definition) is 1. The van der Waals surface area contributed by atoms with Crippen LogP contribution in [0.15, 0.2) is 22.6 Å². The van der Waals surface area contributed by atoms with Gasteiger partial charge in [0.15, 0.2) is 0 Å². The summed E-state index contributed by atoms with van der Waals surface area (Å²) in [6.07, 6.45) is 2.01. The smallest absolute Gasteiger partial charge is 0.134 e. The fraction of sp³-hybridized carbons (Fsp3) is 0.500. The Hall–Kier alpha value is -1.35. The summed E-state index contributed by atoms with van der Waals surface area (Å²) < 4.78 is 19.3. The minimum absolute atomic E-state index is 0.202. The molecule has 0 aliphatic rings. The summed E-state index contributed by atoms with van der Waals surface area (Å²) in [5.74, 6) is 1.27. The fourth-order valence-corrected chi connectivity index (χ4v) is 2.33. The molecule has 104 valence electrons. The second kappa shape index (κ2) is 6.20. The van der Waals surface area contributed by atoms with Crippen LogP contribution in [0.2, 0.25) is 0 Å². The van der Waals surface area contributed by atoms with Crippen molar-refractivity contribution in [1.82, 2.24) is 5.32 Å². The fourth-order valence-electron chi connectivity index (χ4n) is 2.33. The Morgan fingerprint density at radius 3 is 2.79 bits per heavy atom. The number of halogens is 1. The van der Waals surface area contributed by atoms with Gasteiger partial charge in [0.2, 0.25) is 0 Å². The molecule has 19 heavy (non-hydrogen) atoms. The number of furan rings is 1. The molecule has 0 radical (unpaired) electrons. The van der Waals surface area contributed by atoms with Crippen molar-refractivity contribution in [3.05, 3.63) is 35.3 Å². The molecule has 1 aromatic carbocycles. The topological polar surface area (TPSA) is 25.2 Å². The Kier molecular flexibility index (Phi) is 4.59. The first-order chi connectivity index (χ1) is 9.11. The van der Waals surface area contributed by atoms with Crippen LogP contribution < -0.4 is 5.32 Å². The van der Waals surface area contributed by atoms with Crippen molar-refractivity contribution < 1.29 is 8.81 Å². The molecule has 2 nitrogen and oxygen atoms in total. The van der Waals surface area contributed by atoms with Crippen LogP contribution in [-0.2, 0) is 13.0 Å². The van der Waals surface area contributed by atoms with Crippen molar-refractivity contribution in [1.29, 1.82) is 0 Å². The highest BCUT2D eigenvalue weighted by atomic mass is 19.1. The summed E-state index contributed by atoms with van der Waals surface area (Å²) in [6.45, 7) is 8.15. The van der Waals surface area contributed by atoms with Crippen molar-refractivity contribution in [3.63, 3.8) is 0 Å². The Morgan fingerprint density at radius 1 is 1.32 bits per heavy atom. The molecule has 3 heteroatoms. The first-order valence-electron chi connectivity index (χ1n) is 7.02. The van der Waals surface area contributed by atoms with Crippen LogP contribution in [0.25, 0.3) is 11.0 Å². The Bertz CT molecular complexity index is 545. The maximum absolute atomic E-state index is 13.4. The van der Waals surface area contributed by atoms with Gasteiger partial charge in [-0.15, -0.1) is 0 Å². The van der Waals surface area contributed by atoms with Gasteiger partial charge in [-0.3, -0.25) is 0 Å². The normalized spacial score (nSPS) is 11.6. The molecule has 0 bridgehead atoms. The van der Waals surface area contributed by atoms with Gasteiger partial charge in [0.1, 0.15) is 17.2 Å². The largest absolute Gasteiger partial charge is 0.459 e. The van der Waals surface area contributed by atoms with E-state index in [0.29, 0.717) is 12.5 Å². The Labute approximate surface area is 114 Å². The first-order valence-corrected chi connectivity index (χ1v) is 7.02. The third kappa shape index (κ3) is 3.35. The third-order valence-corrected chi connectivity index (χ3v) is 3.16. The van der Waals surface area contributed by atoms with Crippen LogP contribution >= 0.6 is 0 Å². The first kappa shape index (κ1) is 14.1. The molecule has 1 N–H and O–H groups in total. The van der Waals surface area contributed by atoms with E-state index in [1.54, 1.807) is 12.1 Å². The molecule has 2 aromatic rings. The number of fused-ring (bicyclic) bond motifs is 1. The zero-order valence-electron chi connectivity index (χ0n) is 11.9. The average molecular weight is 263 g/mol. The Balaban J connectivity index is 2.37. The highest BCUT2D eigenvalue weighted by Gasteiger charge is 2.15. The molecule has 1 heterocycles. The maximum atomic E-state index is 13.4. The highest BCUT2D eigenvalue weighted by molar-refractivity contribution is 5.82.